The summed E-state index contributed by atoms with van der Waals surface area (Å²) in [4.78, 5) is 20.4. The van der Waals surface area contributed by atoms with Gasteiger partial charge in [0, 0.05) is 0 Å². The highest BCUT2D eigenvalue weighted by Crippen LogP contribution is 2.39. The van der Waals surface area contributed by atoms with Gasteiger partial charge in [0.05, 0.1) is 23.4 Å². The number of hydrogen-bond acceptors (Lipinski definition) is 5. The van der Waals surface area contributed by atoms with E-state index >= 15 is 0 Å². The summed E-state index contributed by atoms with van der Waals surface area (Å²) in [6.07, 6.45) is 1.79. The van der Waals surface area contributed by atoms with Crippen LogP contribution in [-0.2, 0) is 4.79 Å². The number of rotatable bonds is 4. The number of para-hydroxylation sites is 2. The van der Waals surface area contributed by atoms with Gasteiger partial charge in [-0.3, -0.25) is 9.69 Å². The molecule has 6 heteroatoms. The monoisotopic (exact) mass is 430 g/mol. The zero-order valence-corrected chi connectivity index (χ0v) is 18.3. The first kappa shape index (κ1) is 20.8. The van der Waals surface area contributed by atoms with Crippen LogP contribution in [0.1, 0.15) is 16.7 Å². The van der Waals surface area contributed by atoms with E-state index in [0.29, 0.717) is 15.8 Å². The standard InChI is InChI=1S/C25H22N2O3S/c1-16-8-7-9-17(2)23(16)26-25-27(19-10-5-4-6-11-19)24(29)22(31-25)15-18-12-13-20(28)21(14-18)30-3/h4-15,28H,1-3H3/b22-15-,26-25?. The number of amidine groups is 1. The third kappa shape index (κ3) is 4.20. The van der Waals surface area contributed by atoms with Gasteiger partial charge in [-0.1, -0.05) is 42.5 Å². The Morgan fingerprint density at radius 3 is 2.39 bits per heavy atom. The molecular formula is C25H22N2O3S. The fraction of sp³-hybridized carbons (Fsp3) is 0.120. The lowest BCUT2D eigenvalue weighted by atomic mass is 10.1. The van der Waals surface area contributed by atoms with Crippen LogP contribution in [0.15, 0.2) is 76.6 Å². The van der Waals surface area contributed by atoms with Crippen LogP contribution in [0.5, 0.6) is 11.5 Å². The van der Waals surface area contributed by atoms with Crippen molar-refractivity contribution in [1.82, 2.24) is 0 Å². The number of nitrogens with zero attached hydrogens (tertiary/aromatic N) is 2. The lowest BCUT2D eigenvalue weighted by Crippen LogP contribution is -2.28. The van der Waals surface area contributed by atoms with E-state index in [2.05, 4.69) is 0 Å². The van der Waals surface area contributed by atoms with E-state index in [1.54, 1.807) is 29.2 Å². The van der Waals surface area contributed by atoms with Crippen LogP contribution in [-0.4, -0.2) is 23.3 Å². The third-order valence-electron chi connectivity index (χ3n) is 4.97. The van der Waals surface area contributed by atoms with E-state index in [0.717, 1.165) is 28.1 Å². The fourth-order valence-corrected chi connectivity index (χ4v) is 4.35. The Kier molecular flexibility index (Phi) is 5.82. The van der Waals surface area contributed by atoms with Gasteiger partial charge in [-0.05, 0) is 72.6 Å². The average Bonchev–Trinajstić information content (AvgIpc) is 3.07. The van der Waals surface area contributed by atoms with Crippen LogP contribution in [0.3, 0.4) is 0 Å². The Hall–Kier alpha value is -3.51. The van der Waals surface area contributed by atoms with E-state index < -0.39 is 0 Å². The summed E-state index contributed by atoms with van der Waals surface area (Å²) in [5.41, 5.74) is 4.48. The van der Waals surface area contributed by atoms with E-state index in [1.807, 2.05) is 62.4 Å². The van der Waals surface area contributed by atoms with E-state index in [-0.39, 0.29) is 11.7 Å². The predicted molar refractivity (Wildman–Crippen MR) is 127 cm³/mol. The zero-order valence-electron chi connectivity index (χ0n) is 17.5. The highest BCUT2D eigenvalue weighted by Gasteiger charge is 2.35. The number of aryl methyl sites for hydroxylation is 2. The maximum atomic E-state index is 13.4. The highest BCUT2D eigenvalue weighted by atomic mass is 32.2. The number of thioether (sulfide) groups is 1. The van der Waals surface area contributed by atoms with Gasteiger partial charge in [0.25, 0.3) is 5.91 Å². The van der Waals surface area contributed by atoms with E-state index in [4.69, 9.17) is 9.73 Å². The van der Waals surface area contributed by atoms with Crippen molar-refractivity contribution < 1.29 is 14.6 Å². The molecule has 1 saturated heterocycles. The summed E-state index contributed by atoms with van der Waals surface area (Å²) < 4.78 is 5.19. The predicted octanol–water partition coefficient (Wildman–Crippen LogP) is 5.83. The number of ether oxygens (including phenoxy) is 1. The minimum Gasteiger partial charge on any atom is -0.504 e. The van der Waals surface area contributed by atoms with Gasteiger partial charge in [-0.25, -0.2) is 4.99 Å². The van der Waals surface area contributed by atoms with Crippen LogP contribution >= 0.6 is 11.8 Å². The molecule has 156 valence electrons. The third-order valence-corrected chi connectivity index (χ3v) is 5.94. The number of benzene rings is 3. The van der Waals surface area contributed by atoms with E-state index in [9.17, 15) is 9.90 Å². The maximum absolute atomic E-state index is 13.4. The zero-order chi connectivity index (χ0) is 22.0. The van der Waals surface area contributed by atoms with Gasteiger partial charge < -0.3 is 9.84 Å². The van der Waals surface area contributed by atoms with Gasteiger partial charge in [0.15, 0.2) is 16.7 Å². The van der Waals surface area contributed by atoms with Gasteiger partial charge in [0.2, 0.25) is 0 Å². The summed E-state index contributed by atoms with van der Waals surface area (Å²) in [5, 5.41) is 10.5. The average molecular weight is 431 g/mol. The molecular weight excluding hydrogens is 408 g/mol. The van der Waals surface area contributed by atoms with Crippen molar-refractivity contribution >= 4 is 40.3 Å². The maximum Gasteiger partial charge on any atom is 0.271 e. The molecule has 0 bridgehead atoms. The quantitative estimate of drug-likeness (QED) is 0.529. The number of methoxy groups -OCH3 is 1. The van der Waals surface area contributed by atoms with Gasteiger partial charge in [0.1, 0.15) is 0 Å². The minimum atomic E-state index is -0.145. The molecule has 0 aromatic heterocycles. The molecule has 1 aliphatic heterocycles. The van der Waals surface area contributed by atoms with Crippen molar-refractivity contribution in [1.29, 1.82) is 0 Å². The molecule has 0 saturated carbocycles. The lowest BCUT2D eigenvalue weighted by molar-refractivity contribution is -0.113. The fourth-order valence-electron chi connectivity index (χ4n) is 3.37. The summed E-state index contributed by atoms with van der Waals surface area (Å²) in [7, 11) is 1.49. The summed E-state index contributed by atoms with van der Waals surface area (Å²) in [6, 6.07) is 20.5. The first-order valence-electron chi connectivity index (χ1n) is 9.79. The topological polar surface area (TPSA) is 62.1 Å². The first-order chi connectivity index (χ1) is 15.0. The van der Waals surface area contributed by atoms with Crippen LogP contribution in [0.2, 0.25) is 0 Å². The molecule has 0 atom stereocenters. The second-order valence-corrected chi connectivity index (χ2v) is 8.16. The molecule has 5 nitrogen and oxygen atoms in total. The number of hydrogen-bond donors (Lipinski definition) is 1. The van der Waals surface area contributed by atoms with Crippen LogP contribution in [0, 0.1) is 13.8 Å². The number of carbonyl (C=O) groups is 1. The molecule has 0 aliphatic carbocycles. The van der Waals surface area contributed by atoms with Crippen LogP contribution < -0.4 is 9.64 Å². The number of anilines is 1. The summed E-state index contributed by atoms with van der Waals surface area (Å²) in [5.74, 6) is 0.264. The van der Waals surface area contributed by atoms with Crippen molar-refractivity contribution in [3.63, 3.8) is 0 Å². The Labute approximate surface area is 185 Å². The SMILES string of the molecule is COc1cc(/C=C2\SC(=Nc3c(C)cccc3C)N(c3ccccc3)C2=O)ccc1O. The number of phenols is 1. The molecule has 1 N–H and O–H groups in total. The van der Waals surface area contributed by atoms with E-state index in [1.165, 1.54) is 18.9 Å². The second-order valence-electron chi connectivity index (χ2n) is 7.15. The molecule has 0 unspecified atom stereocenters. The lowest BCUT2D eigenvalue weighted by Gasteiger charge is -2.16. The molecule has 0 radical (unpaired) electrons. The number of amides is 1. The van der Waals surface area contributed by atoms with Crippen molar-refractivity contribution in [3.05, 3.63) is 88.3 Å². The molecule has 1 heterocycles. The number of carbonyl (C=O) groups excluding carboxylic acids is 1. The number of aromatic hydroxyl groups is 1. The summed E-state index contributed by atoms with van der Waals surface area (Å²) >= 11 is 1.33. The molecule has 1 aliphatic rings. The van der Waals surface area contributed by atoms with Crippen molar-refractivity contribution in [2.45, 2.75) is 13.8 Å². The number of phenolic OH excluding ortho intramolecular Hbond substituents is 1. The first-order valence-corrected chi connectivity index (χ1v) is 10.6. The van der Waals surface area contributed by atoms with Crippen LogP contribution in [0.25, 0.3) is 6.08 Å². The largest absolute Gasteiger partial charge is 0.504 e. The molecule has 3 aromatic rings. The second kappa shape index (κ2) is 8.70. The molecule has 31 heavy (non-hydrogen) atoms. The van der Waals surface area contributed by atoms with Gasteiger partial charge in [-0.15, -0.1) is 0 Å². The Morgan fingerprint density at radius 2 is 1.71 bits per heavy atom. The Morgan fingerprint density at radius 1 is 1.00 bits per heavy atom. The van der Waals surface area contributed by atoms with Crippen molar-refractivity contribution in [2.75, 3.05) is 12.0 Å². The normalized spacial score (nSPS) is 16.4. The minimum absolute atomic E-state index is 0.0539. The molecule has 3 aromatic carbocycles. The Bertz CT molecular complexity index is 1180. The Balaban J connectivity index is 1.81. The van der Waals surface area contributed by atoms with Crippen LogP contribution in [0.4, 0.5) is 11.4 Å². The number of aliphatic imine (C=N–C) groups is 1. The molecule has 0 spiro atoms. The smallest absolute Gasteiger partial charge is 0.271 e. The van der Waals surface area contributed by atoms with Crippen molar-refractivity contribution in [2.24, 2.45) is 4.99 Å². The van der Waals surface area contributed by atoms with Crippen molar-refractivity contribution in [3.8, 4) is 11.5 Å². The van der Waals surface area contributed by atoms with Gasteiger partial charge in [-0.2, -0.15) is 0 Å². The molecule has 1 amide bonds. The molecule has 4 rings (SSSR count). The molecule has 1 fully saturated rings. The summed E-state index contributed by atoms with van der Waals surface area (Å²) in [6.45, 7) is 4.03. The highest BCUT2D eigenvalue weighted by molar-refractivity contribution is 8.19. The van der Waals surface area contributed by atoms with Gasteiger partial charge >= 0.3 is 0 Å².